The van der Waals surface area contributed by atoms with Gasteiger partial charge >= 0.3 is 0 Å². The predicted octanol–water partition coefficient (Wildman–Crippen LogP) is 5.79. The zero-order valence-electron chi connectivity index (χ0n) is 24.2. The number of sulfonamides is 1. The minimum absolute atomic E-state index is 0.0783. The van der Waals surface area contributed by atoms with Crippen LogP contribution in [0, 0.1) is 20.8 Å². The molecule has 7 nitrogen and oxygen atoms in total. The predicted molar refractivity (Wildman–Crippen MR) is 161 cm³/mol. The minimum Gasteiger partial charge on any atom is -0.350 e. The van der Waals surface area contributed by atoms with Crippen molar-refractivity contribution >= 4 is 39.1 Å². The van der Waals surface area contributed by atoms with Crippen LogP contribution < -0.4 is 9.62 Å². The van der Waals surface area contributed by atoms with Gasteiger partial charge in [-0.15, -0.1) is 0 Å². The molecule has 0 unspecified atom stereocenters. The SMILES string of the molecule is Cc1ccc(S(=O)(=O)N(CC(=O)N(Cc2ccc(Cl)cc2)[C@H](C)C(=O)NC(C)(C)C)c2cc(C)ccc2C)cc1. The summed E-state index contributed by atoms with van der Waals surface area (Å²) in [6.07, 6.45) is 0. The van der Waals surface area contributed by atoms with E-state index in [2.05, 4.69) is 5.32 Å². The van der Waals surface area contributed by atoms with E-state index in [0.717, 1.165) is 21.0 Å². The molecular formula is C31H38ClN3O4S. The second-order valence-corrected chi connectivity index (χ2v) is 13.5. The first kappa shape index (κ1) is 31.2. The highest BCUT2D eigenvalue weighted by atomic mass is 35.5. The lowest BCUT2D eigenvalue weighted by Gasteiger charge is -2.34. The van der Waals surface area contributed by atoms with E-state index in [1.165, 1.54) is 17.0 Å². The Morgan fingerprint density at radius 1 is 0.900 bits per heavy atom. The molecule has 0 spiro atoms. The highest BCUT2D eigenvalue weighted by molar-refractivity contribution is 7.92. The van der Waals surface area contributed by atoms with E-state index in [4.69, 9.17) is 11.6 Å². The summed E-state index contributed by atoms with van der Waals surface area (Å²) >= 11 is 6.06. The maximum absolute atomic E-state index is 14.1. The number of halogens is 1. The lowest BCUT2D eigenvalue weighted by Crippen LogP contribution is -2.54. The number of amides is 2. The molecule has 214 valence electrons. The molecule has 0 aromatic heterocycles. The summed E-state index contributed by atoms with van der Waals surface area (Å²) in [6.45, 7) is 12.4. The van der Waals surface area contributed by atoms with Gasteiger partial charge < -0.3 is 10.2 Å². The van der Waals surface area contributed by atoms with Crippen LogP contribution in [0.3, 0.4) is 0 Å². The van der Waals surface area contributed by atoms with Crippen LogP contribution in [-0.2, 0) is 26.2 Å². The number of anilines is 1. The van der Waals surface area contributed by atoms with Crippen LogP contribution >= 0.6 is 11.6 Å². The van der Waals surface area contributed by atoms with Gasteiger partial charge in [0.1, 0.15) is 12.6 Å². The van der Waals surface area contributed by atoms with Crippen molar-refractivity contribution in [2.75, 3.05) is 10.8 Å². The van der Waals surface area contributed by atoms with E-state index < -0.39 is 34.1 Å². The number of hydrogen-bond acceptors (Lipinski definition) is 4. The Hall–Kier alpha value is -3.36. The number of nitrogens with zero attached hydrogens (tertiary/aromatic N) is 2. The molecule has 9 heteroatoms. The number of rotatable bonds is 9. The van der Waals surface area contributed by atoms with Crippen molar-refractivity contribution in [3.05, 3.63) is 94.0 Å². The number of aryl methyl sites for hydroxylation is 3. The number of nitrogens with one attached hydrogen (secondary N) is 1. The van der Waals surface area contributed by atoms with E-state index in [0.29, 0.717) is 16.3 Å². The van der Waals surface area contributed by atoms with Gasteiger partial charge in [0.15, 0.2) is 0 Å². The van der Waals surface area contributed by atoms with Gasteiger partial charge in [-0.2, -0.15) is 0 Å². The molecule has 0 aliphatic carbocycles. The average Bonchev–Trinajstić information content (AvgIpc) is 2.87. The third-order valence-corrected chi connectivity index (χ3v) is 8.48. The van der Waals surface area contributed by atoms with Crippen LogP contribution in [-0.4, -0.2) is 43.3 Å². The molecule has 0 aliphatic heterocycles. The summed E-state index contributed by atoms with van der Waals surface area (Å²) in [5.41, 5.74) is 3.13. The van der Waals surface area contributed by atoms with Gasteiger partial charge in [-0.25, -0.2) is 8.42 Å². The maximum atomic E-state index is 14.1. The van der Waals surface area contributed by atoms with Crippen molar-refractivity contribution in [3.8, 4) is 0 Å². The summed E-state index contributed by atoms with van der Waals surface area (Å²) in [5.74, 6) is -0.849. The molecule has 3 aromatic rings. The largest absolute Gasteiger partial charge is 0.350 e. The lowest BCUT2D eigenvalue weighted by atomic mass is 10.1. The topological polar surface area (TPSA) is 86.8 Å². The molecule has 1 N–H and O–H groups in total. The molecule has 40 heavy (non-hydrogen) atoms. The Kier molecular flexibility index (Phi) is 9.69. The Labute approximate surface area is 243 Å². The average molecular weight is 584 g/mol. The zero-order chi connectivity index (χ0) is 29.8. The molecule has 0 saturated heterocycles. The van der Waals surface area contributed by atoms with Crippen molar-refractivity contribution in [2.24, 2.45) is 0 Å². The van der Waals surface area contributed by atoms with E-state index in [9.17, 15) is 18.0 Å². The number of hydrogen-bond donors (Lipinski definition) is 1. The fourth-order valence-electron chi connectivity index (χ4n) is 4.18. The Balaban J connectivity index is 2.08. The highest BCUT2D eigenvalue weighted by Crippen LogP contribution is 2.29. The number of carbonyl (C=O) groups excluding carboxylic acids is 2. The number of carbonyl (C=O) groups is 2. The molecule has 0 radical (unpaired) electrons. The minimum atomic E-state index is -4.12. The molecule has 3 rings (SSSR count). The first-order chi connectivity index (χ1) is 18.6. The molecule has 1 atom stereocenters. The lowest BCUT2D eigenvalue weighted by molar-refractivity contribution is -0.140. The summed E-state index contributed by atoms with van der Waals surface area (Å²) in [6, 6.07) is 18.1. The van der Waals surface area contributed by atoms with Crippen LogP contribution in [0.15, 0.2) is 71.6 Å². The van der Waals surface area contributed by atoms with Crippen molar-refractivity contribution in [1.29, 1.82) is 0 Å². The van der Waals surface area contributed by atoms with E-state index in [-0.39, 0.29) is 17.3 Å². The fraction of sp³-hybridized carbons (Fsp3) is 0.355. The van der Waals surface area contributed by atoms with E-state index in [1.54, 1.807) is 49.4 Å². The molecule has 0 saturated carbocycles. The molecule has 0 heterocycles. The fourth-order valence-corrected chi connectivity index (χ4v) is 5.78. The standard InChI is InChI=1S/C31H38ClN3O4S/c1-21-9-16-27(17-10-21)40(38,39)35(28-18-22(2)8-11-23(28)3)20-29(36)34(19-25-12-14-26(32)15-13-25)24(4)30(37)33-31(5,6)7/h8-18,24H,19-20H2,1-7H3,(H,33,37)/t24-/m1/s1. The molecule has 0 bridgehead atoms. The molecule has 0 aliphatic rings. The number of benzene rings is 3. The smallest absolute Gasteiger partial charge is 0.264 e. The monoisotopic (exact) mass is 583 g/mol. The highest BCUT2D eigenvalue weighted by Gasteiger charge is 2.34. The van der Waals surface area contributed by atoms with E-state index >= 15 is 0 Å². The van der Waals surface area contributed by atoms with Gasteiger partial charge in [0.2, 0.25) is 11.8 Å². The van der Waals surface area contributed by atoms with Crippen molar-refractivity contribution in [1.82, 2.24) is 10.2 Å². The van der Waals surface area contributed by atoms with Gasteiger partial charge in [0.05, 0.1) is 10.6 Å². The Morgan fingerprint density at radius 3 is 2.05 bits per heavy atom. The van der Waals surface area contributed by atoms with E-state index in [1.807, 2.05) is 53.7 Å². The van der Waals surface area contributed by atoms with Gasteiger partial charge in [-0.3, -0.25) is 13.9 Å². The second kappa shape index (κ2) is 12.4. The Bertz CT molecular complexity index is 1460. The summed E-state index contributed by atoms with van der Waals surface area (Å²) in [4.78, 5) is 28.7. The molecular weight excluding hydrogens is 546 g/mol. The first-order valence-corrected chi connectivity index (χ1v) is 14.9. The van der Waals surface area contributed by atoms with Crippen LogP contribution in [0.2, 0.25) is 5.02 Å². The van der Waals surface area contributed by atoms with Gasteiger partial charge in [-0.05, 0) is 95.5 Å². The normalized spacial score (nSPS) is 12.5. The zero-order valence-corrected chi connectivity index (χ0v) is 25.7. The molecule has 0 fully saturated rings. The molecule has 2 amide bonds. The third kappa shape index (κ3) is 7.86. The van der Waals surface area contributed by atoms with Crippen molar-refractivity contribution < 1.29 is 18.0 Å². The van der Waals surface area contributed by atoms with Crippen molar-refractivity contribution in [3.63, 3.8) is 0 Å². The maximum Gasteiger partial charge on any atom is 0.264 e. The first-order valence-electron chi connectivity index (χ1n) is 13.1. The summed E-state index contributed by atoms with van der Waals surface area (Å²) in [7, 11) is -4.12. The quantitative estimate of drug-likeness (QED) is 0.345. The van der Waals surface area contributed by atoms with Crippen LogP contribution in [0.1, 0.15) is 49.9 Å². The van der Waals surface area contributed by atoms with Crippen LogP contribution in [0.5, 0.6) is 0 Å². The van der Waals surface area contributed by atoms with Crippen LogP contribution in [0.25, 0.3) is 0 Å². The third-order valence-electron chi connectivity index (χ3n) is 6.45. The van der Waals surface area contributed by atoms with Crippen LogP contribution in [0.4, 0.5) is 5.69 Å². The van der Waals surface area contributed by atoms with Gasteiger partial charge in [0, 0.05) is 17.1 Å². The van der Waals surface area contributed by atoms with Gasteiger partial charge in [0.25, 0.3) is 10.0 Å². The Morgan fingerprint density at radius 2 is 1.48 bits per heavy atom. The van der Waals surface area contributed by atoms with Gasteiger partial charge in [-0.1, -0.05) is 53.6 Å². The van der Waals surface area contributed by atoms with Crippen molar-refractivity contribution in [2.45, 2.75) is 71.5 Å². The second-order valence-electron chi connectivity index (χ2n) is 11.2. The summed E-state index contributed by atoms with van der Waals surface area (Å²) < 4.78 is 29.2. The summed E-state index contributed by atoms with van der Waals surface area (Å²) in [5, 5.41) is 3.47. The molecule has 3 aromatic carbocycles.